The molecule has 1 unspecified atom stereocenters. The SMILES string of the molecule is CCCCCCCCC(CCCCCCC)c1ccccc1-c1ccccc1O. The molecule has 0 heterocycles. The number of unbranched alkanes of at least 4 members (excludes halogenated alkanes) is 9. The summed E-state index contributed by atoms with van der Waals surface area (Å²) in [5.41, 5.74) is 3.62. The summed E-state index contributed by atoms with van der Waals surface area (Å²) in [4.78, 5) is 0. The van der Waals surface area contributed by atoms with Crippen LogP contribution < -0.4 is 0 Å². The fourth-order valence-corrected chi connectivity index (χ4v) is 4.42. The van der Waals surface area contributed by atoms with Gasteiger partial charge in [0.25, 0.3) is 0 Å². The Morgan fingerprint density at radius 2 is 1.07 bits per heavy atom. The number of benzene rings is 2. The van der Waals surface area contributed by atoms with Crippen LogP contribution in [0.5, 0.6) is 5.75 Å². The molecule has 0 aliphatic rings. The first kappa shape index (κ1) is 23.5. The van der Waals surface area contributed by atoms with Gasteiger partial charge >= 0.3 is 0 Å². The van der Waals surface area contributed by atoms with Crippen LogP contribution in [0.15, 0.2) is 48.5 Å². The average Bonchev–Trinajstić information content (AvgIpc) is 2.75. The van der Waals surface area contributed by atoms with E-state index in [9.17, 15) is 5.11 Å². The van der Waals surface area contributed by atoms with Crippen molar-refractivity contribution in [3.63, 3.8) is 0 Å². The molecule has 0 radical (unpaired) electrons. The van der Waals surface area contributed by atoms with Crippen LogP contribution in [-0.4, -0.2) is 5.11 Å². The largest absolute Gasteiger partial charge is 0.507 e. The van der Waals surface area contributed by atoms with E-state index in [0.717, 1.165) is 5.56 Å². The standard InChI is InChI=1S/C28H42O/c1-3-5-7-9-11-13-19-24(18-12-10-8-6-4-2)25-20-14-15-21-26(25)27-22-16-17-23-28(27)29/h14-17,20-24,29H,3-13,18-19H2,1-2H3. The molecule has 0 saturated carbocycles. The van der Waals surface area contributed by atoms with Gasteiger partial charge in [0.2, 0.25) is 0 Å². The molecule has 0 aromatic heterocycles. The molecule has 1 nitrogen and oxygen atoms in total. The summed E-state index contributed by atoms with van der Waals surface area (Å²) in [6, 6.07) is 16.6. The fourth-order valence-electron chi connectivity index (χ4n) is 4.42. The number of aromatic hydroxyl groups is 1. The molecule has 0 fully saturated rings. The Labute approximate surface area is 179 Å². The molecule has 2 aromatic rings. The Morgan fingerprint density at radius 1 is 0.586 bits per heavy atom. The Balaban J connectivity index is 2.09. The molecular formula is C28H42O. The van der Waals surface area contributed by atoms with Crippen molar-refractivity contribution in [1.29, 1.82) is 0 Å². The zero-order valence-corrected chi connectivity index (χ0v) is 18.8. The van der Waals surface area contributed by atoms with E-state index in [-0.39, 0.29) is 0 Å². The molecule has 1 heteroatoms. The first-order valence-corrected chi connectivity index (χ1v) is 12.1. The summed E-state index contributed by atoms with van der Waals surface area (Å²) in [7, 11) is 0. The van der Waals surface area contributed by atoms with Crippen molar-refractivity contribution >= 4 is 0 Å². The minimum absolute atomic E-state index is 0.390. The Bertz CT molecular complexity index is 676. The number of phenols is 1. The highest BCUT2D eigenvalue weighted by Gasteiger charge is 2.17. The monoisotopic (exact) mass is 394 g/mol. The van der Waals surface area contributed by atoms with E-state index in [2.05, 4.69) is 44.2 Å². The molecule has 2 aromatic carbocycles. The maximum Gasteiger partial charge on any atom is 0.123 e. The maximum atomic E-state index is 10.4. The summed E-state index contributed by atoms with van der Waals surface area (Å²) < 4.78 is 0. The lowest BCUT2D eigenvalue weighted by Crippen LogP contribution is -2.02. The van der Waals surface area contributed by atoms with Crippen LogP contribution in [0.2, 0.25) is 0 Å². The fraction of sp³-hybridized carbons (Fsp3) is 0.571. The molecule has 1 atom stereocenters. The molecule has 0 aliphatic heterocycles. The van der Waals surface area contributed by atoms with Gasteiger partial charge in [-0.1, -0.05) is 127 Å². The third-order valence-electron chi connectivity index (χ3n) is 6.16. The van der Waals surface area contributed by atoms with Crippen LogP contribution in [0.3, 0.4) is 0 Å². The second kappa shape index (κ2) is 14.3. The van der Waals surface area contributed by atoms with Crippen molar-refractivity contribution in [3.05, 3.63) is 54.1 Å². The highest BCUT2D eigenvalue weighted by atomic mass is 16.3. The smallest absolute Gasteiger partial charge is 0.123 e. The van der Waals surface area contributed by atoms with Crippen molar-refractivity contribution in [2.45, 2.75) is 103 Å². The van der Waals surface area contributed by atoms with Gasteiger partial charge in [-0.05, 0) is 36.0 Å². The Hall–Kier alpha value is -1.76. The molecule has 29 heavy (non-hydrogen) atoms. The molecule has 0 bridgehead atoms. The van der Waals surface area contributed by atoms with Crippen LogP contribution in [0.25, 0.3) is 11.1 Å². The molecule has 160 valence electrons. The number of para-hydroxylation sites is 1. The molecule has 1 N–H and O–H groups in total. The molecule has 0 amide bonds. The first-order valence-electron chi connectivity index (χ1n) is 12.1. The molecule has 0 saturated heterocycles. The topological polar surface area (TPSA) is 20.2 Å². The van der Waals surface area contributed by atoms with Crippen LogP contribution >= 0.6 is 0 Å². The third-order valence-corrected chi connectivity index (χ3v) is 6.16. The zero-order chi connectivity index (χ0) is 20.7. The normalized spacial score (nSPS) is 12.2. The predicted octanol–water partition coefficient (Wildman–Crippen LogP) is 9.25. The van der Waals surface area contributed by atoms with E-state index in [4.69, 9.17) is 0 Å². The summed E-state index contributed by atoms with van der Waals surface area (Å²) in [5.74, 6) is 0.986. The van der Waals surface area contributed by atoms with Gasteiger partial charge in [-0.2, -0.15) is 0 Å². The lowest BCUT2D eigenvalue weighted by Gasteiger charge is -2.21. The number of phenolic OH excluding ortho intramolecular Hbond substituents is 1. The van der Waals surface area contributed by atoms with Gasteiger partial charge in [0.15, 0.2) is 0 Å². The van der Waals surface area contributed by atoms with E-state index in [1.807, 2.05) is 12.1 Å². The van der Waals surface area contributed by atoms with Gasteiger partial charge in [-0.3, -0.25) is 0 Å². The number of hydrogen-bond donors (Lipinski definition) is 1. The summed E-state index contributed by atoms with van der Waals surface area (Å²) in [6.07, 6.45) is 17.3. The molecule has 0 aliphatic carbocycles. The second-order valence-corrected chi connectivity index (χ2v) is 8.56. The lowest BCUT2D eigenvalue weighted by atomic mass is 9.83. The van der Waals surface area contributed by atoms with Gasteiger partial charge in [0.05, 0.1) is 0 Å². The number of hydrogen-bond acceptors (Lipinski definition) is 1. The highest BCUT2D eigenvalue weighted by molar-refractivity contribution is 5.73. The van der Waals surface area contributed by atoms with Crippen molar-refractivity contribution in [2.75, 3.05) is 0 Å². The van der Waals surface area contributed by atoms with Crippen LogP contribution in [0, 0.1) is 0 Å². The van der Waals surface area contributed by atoms with Gasteiger partial charge in [-0.15, -0.1) is 0 Å². The highest BCUT2D eigenvalue weighted by Crippen LogP contribution is 2.38. The van der Waals surface area contributed by atoms with Crippen LogP contribution in [-0.2, 0) is 0 Å². The van der Waals surface area contributed by atoms with Crippen molar-refractivity contribution in [1.82, 2.24) is 0 Å². The molecule has 0 spiro atoms. The second-order valence-electron chi connectivity index (χ2n) is 8.56. The lowest BCUT2D eigenvalue weighted by molar-refractivity contribution is 0.476. The van der Waals surface area contributed by atoms with E-state index in [1.54, 1.807) is 6.07 Å². The van der Waals surface area contributed by atoms with Gasteiger partial charge < -0.3 is 5.11 Å². The van der Waals surface area contributed by atoms with E-state index in [1.165, 1.54) is 94.6 Å². The van der Waals surface area contributed by atoms with E-state index >= 15 is 0 Å². The Kier molecular flexibility index (Phi) is 11.6. The van der Waals surface area contributed by atoms with E-state index < -0.39 is 0 Å². The van der Waals surface area contributed by atoms with Crippen molar-refractivity contribution in [2.24, 2.45) is 0 Å². The molecular weight excluding hydrogens is 352 g/mol. The van der Waals surface area contributed by atoms with Gasteiger partial charge in [0, 0.05) is 5.56 Å². The Morgan fingerprint density at radius 3 is 1.66 bits per heavy atom. The van der Waals surface area contributed by atoms with Crippen LogP contribution in [0.1, 0.15) is 109 Å². The minimum Gasteiger partial charge on any atom is -0.507 e. The zero-order valence-electron chi connectivity index (χ0n) is 18.8. The average molecular weight is 395 g/mol. The van der Waals surface area contributed by atoms with Crippen molar-refractivity contribution < 1.29 is 5.11 Å². The van der Waals surface area contributed by atoms with E-state index in [0.29, 0.717) is 11.7 Å². The van der Waals surface area contributed by atoms with Crippen molar-refractivity contribution in [3.8, 4) is 16.9 Å². The quantitative estimate of drug-likeness (QED) is 0.298. The van der Waals surface area contributed by atoms with Gasteiger partial charge in [0.1, 0.15) is 5.75 Å². The van der Waals surface area contributed by atoms with Gasteiger partial charge in [-0.25, -0.2) is 0 Å². The summed E-state index contributed by atoms with van der Waals surface area (Å²) >= 11 is 0. The minimum atomic E-state index is 0.390. The first-order chi connectivity index (χ1) is 14.3. The maximum absolute atomic E-state index is 10.4. The summed E-state index contributed by atoms with van der Waals surface area (Å²) in [6.45, 7) is 4.56. The predicted molar refractivity (Wildman–Crippen MR) is 128 cm³/mol. The third kappa shape index (κ3) is 8.25. The number of rotatable bonds is 15. The summed E-state index contributed by atoms with van der Waals surface area (Å²) in [5, 5.41) is 10.4. The van der Waals surface area contributed by atoms with Crippen LogP contribution in [0.4, 0.5) is 0 Å². The molecule has 2 rings (SSSR count).